The van der Waals surface area contributed by atoms with Gasteiger partial charge in [0, 0.05) is 19.3 Å². The third kappa shape index (κ3) is 2.56. The van der Waals surface area contributed by atoms with E-state index in [9.17, 15) is 0 Å². The van der Waals surface area contributed by atoms with Gasteiger partial charge in [-0.2, -0.15) is 5.10 Å². The van der Waals surface area contributed by atoms with Crippen LogP contribution < -0.4 is 5.32 Å². The number of nitrogens with one attached hydrogen (secondary N) is 1. The second-order valence-electron chi connectivity index (χ2n) is 3.36. The van der Waals surface area contributed by atoms with Crippen molar-refractivity contribution in [3.8, 4) is 0 Å². The fraction of sp³-hybridized carbons (Fsp3) is 0.700. The van der Waals surface area contributed by atoms with Crippen molar-refractivity contribution in [2.24, 2.45) is 7.05 Å². The molecule has 1 aromatic rings. The van der Waals surface area contributed by atoms with Gasteiger partial charge in [0.2, 0.25) is 0 Å². The molecule has 13 heavy (non-hydrogen) atoms. The second-order valence-corrected chi connectivity index (χ2v) is 3.36. The Kier molecular flexibility index (Phi) is 3.96. The first-order chi connectivity index (χ1) is 6.29. The minimum atomic E-state index is 0.451. The van der Waals surface area contributed by atoms with E-state index in [1.165, 1.54) is 25.0 Å². The zero-order chi connectivity index (χ0) is 9.68. The van der Waals surface area contributed by atoms with Crippen molar-refractivity contribution in [2.45, 2.75) is 32.2 Å². The Hall–Kier alpha value is -0.830. The van der Waals surface area contributed by atoms with E-state index < -0.39 is 0 Å². The van der Waals surface area contributed by atoms with Gasteiger partial charge in [0.15, 0.2) is 0 Å². The van der Waals surface area contributed by atoms with E-state index in [0.717, 1.165) is 0 Å². The average molecular weight is 181 g/mol. The number of aromatic nitrogens is 2. The average Bonchev–Trinajstić information content (AvgIpc) is 2.54. The number of hydrogen-bond acceptors (Lipinski definition) is 2. The number of hydrogen-bond donors (Lipinski definition) is 1. The van der Waals surface area contributed by atoms with Crippen LogP contribution in [0, 0.1) is 0 Å². The van der Waals surface area contributed by atoms with Crippen LogP contribution in [-0.4, -0.2) is 16.8 Å². The van der Waals surface area contributed by atoms with Crippen LogP contribution in [0.5, 0.6) is 0 Å². The van der Waals surface area contributed by atoms with Crippen molar-refractivity contribution >= 4 is 0 Å². The van der Waals surface area contributed by atoms with Crippen molar-refractivity contribution in [3.05, 3.63) is 18.0 Å². The Morgan fingerprint density at radius 2 is 2.38 bits per heavy atom. The highest BCUT2D eigenvalue weighted by Crippen LogP contribution is 2.17. The molecule has 1 rings (SSSR count). The SMILES string of the molecule is CCCCC(NC)c1ccnn1C. The Bertz CT molecular complexity index is 242. The smallest absolute Gasteiger partial charge is 0.0550 e. The van der Waals surface area contributed by atoms with Gasteiger partial charge in [-0.15, -0.1) is 0 Å². The Balaban J connectivity index is 2.61. The maximum atomic E-state index is 4.17. The van der Waals surface area contributed by atoms with E-state index in [0.29, 0.717) is 6.04 Å². The van der Waals surface area contributed by atoms with Crippen LogP contribution in [0.1, 0.15) is 37.9 Å². The molecule has 3 heteroatoms. The van der Waals surface area contributed by atoms with Crippen molar-refractivity contribution in [1.29, 1.82) is 0 Å². The summed E-state index contributed by atoms with van der Waals surface area (Å²) in [6.45, 7) is 2.22. The highest BCUT2D eigenvalue weighted by molar-refractivity contribution is 5.06. The van der Waals surface area contributed by atoms with Gasteiger partial charge in [0.25, 0.3) is 0 Å². The van der Waals surface area contributed by atoms with E-state index in [-0.39, 0.29) is 0 Å². The molecule has 1 aromatic heterocycles. The molecule has 3 nitrogen and oxygen atoms in total. The summed E-state index contributed by atoms with van der Waals surface area (Å²) in [5, 5.41) is 7.49. The lowest BCUT2D eigenvalue weighted by molar-refractivity contribution is 0.487. The third-order valence-electron chi connectivity index (χ3n) is 2.41. The molecule has 0 saturated heterocycles. The minimum absolute atomic E-state index is 0.451. The highest BCUT2D eigenvalue weighted by Gasteiger charge is 2.11. The van der Waals surface area contributed by atoms with E-state index in [4.69, 9.17) is 0 Å². The predicted octanol–water partition coefficient (Wildman–Crippen LogP) is 1.87. The lowest BCUT2D eigenvalue weighted by atomic mass is 10.1. The molecule has 0 bridgehead atoms. The molecule has 0 fully saturated rings. The molecule has 0 amide bonds. The first-order valence-electron chi connectivity index (χ1n) is 4.94. The van der Waals surface area contributed by atoms with Gasteiger partial charge >= 0.3 is 0 Å². The van der Waals surface area contributed by atoms with Crippen molar-refractivity contribution in [2.75, 3.05) is 7.05 Å². The van der Waals surface area contributed by atoms with Crippen LogP contribution in [0.25, 0.3) is 0 Å². The molecule has 0 spiro atoms. The normalized spacial score (nSPS) is 13.2. The molecular formula is C10H19N3. The molecule has 0 saturated carbocycles. The molecule has 0 radical (unpaired) electrons. The summed E-state index contributed by atoms with van der Waals surface area (Å²) >= 11 is 0. The second kappa shape index (κ2) is 5.02. The van der Waals surface area contributed by atoms with Crippen molar-refractivity contribution in [1.82, 2.24) is 15.1 Å². The van der Waals surface area contributed by atoms with Crippen LogP contribution in [0.4, 0.5) is 0 Å². The fourth-order valence-electron chi connectivity index (χ4n) is 1.57. The van der Waals surface area contributed by atoms with Crippen LogP contribution in [-0.2, 0) is 7.05 Å². The van der Waals surface area contributed by atoms with Crippen LogP contribution in [0.3, 0.4) is 0 Å². The quantitative estimate of drug-likeness (QED) is 0.751. The zero-order valence-electron chi connectivity index (χ0n) is 8.75. The lowest BCUT2D eigenvalue weighted by Gasteiger charge is -2.15. The molecule has 1 atom stereocenters. The highest BCUT2D eigenvalue weighted by atomic mass is 15.3. The standard InChI is InChI=1S/C10H19N3/c1-4-5-6-9(11-2)10-7-8-12-13(10)3/h7-9,11H,4-6H2,1-3H3. The molecular weight excluding hydrogens is 162 g/mol. The molecule has 0 aromatic carbocycles. The molecule has 1 N–H and O–H groups in total. The maximum Gasteiger partial charge on any atom is 0.0550 e. The Labute approximate surface area is 80.1 Å². The van der Waals surface area contributed by atoms with Crippen molar-refractivity contribution < 1.29 is 0 Å². The molecule has 0 aliphatic heterocycles. The molecule has 74 valence electrons. The van der Waals surface area contributed by atoms with Crippen LogP contribution >= 0.6 is 0 Å². The number of nitrogens with zero attached hydrogens (tertiary/aromatic N) is 2. The molecule has 1 unspecified atom stereocenters. The third-order valence-corrected chi connectivity index (χ3v) is 2.41. The van der Waals surface area contributed by atoms with Crippen LogP contribution in [0.2, 0.25) is 0 Å². The van der Waals surface area contributed by atoms with E-state index in [1.54, 1.807) is 0 Å². The van der Waals surface area contributed by atoms with E-state index in [2.05, 4.69) is 23.4 Å². The van der Waals surface area contributed by atoms with Crippen LogP contribution in [0.15, 0.2) is 12.3 Å². The summed E-state index contributed by atoms with van der Waals surface area (Å²) in [6, 6.07) is 2.53. The van der Waals surface area contributed by atoms with Gasteiger partial charge in [0.05, 0.1) is 5.69 Å². The summed E-state index contributed by atoms with van der Waals surface area (Å²) in [6.07, 6.45) is 5.55. The van der Waals surface area contributed by atoms with Gasteiger partial charge in [-0.25, -0.2) is 0 Å². The van der Waals surface area contributed by atoms with E-state index in [1.807, 2.05) is 25.0 Å². The summed E-state index contributed by atoms with van der Waals surface area (Å²) in [4.78, 5) is 0. The topological polar surface area (TPSA) is 29.9 Å². The van der Waals surface area contributed by atoms with E-state index >= 15 is 0 Å². The number of rotatable bonds is 5. The lowest BCUT2D eigenvalue weighted by Crippen LogP contribution is -2.19. The maximum absolute atomic E-state index is 4.17. The largest absolute Gasteiger partial charge is 0.312 e. The van der Waals surface area contributed by atoms with Gasteiger partial charge < -0.3 is 5.32 Å². The monoisotopic (exact) mass is 181 g/mol. The fourth-order valence-corrected chi connectivity index (χ4v) is 1.57. The number of unbranched alkanes of at least 4 members (excludes halogenated alkanes) is 1. The van der Waals surface area contributed by atoms with Gasteiger partial charge in [-0.05, 0) is 19.5 Å². The summed E-state index contributed by atoms with van der Waals surface area (Å²) in [5.74, 6) is 0. The Morgan fingerprint density at radius 3 is 2.85 bits per heavy atom. The van der Waals surface area contributed by atoms with Gasteiger partial charge in [0.1, 0.15) is 0 Å². The van der Waals surface area contributed by atoms with Gasteiger partial charge in [-0.1, -0.05) is 19.8 Å². The summed E-state index contributed by atoms with van der Waals surface area (Å²) in [5.41, 5.74) is 1.27. The summed E-state index contributed by atoms with van der Waals surface area (Å²) in [7, 11) is 4.00. The summed E-state index contributed by atoms with van der Waals surface area (Å²) < 4.78 is 1.94. The first kappa shape index (κ1) is 10.3. The molecule has 0 aliphatic rings. The zero-order valence-corrected chi connectivity index (χ0v) is 8.75. The molecule has 1 heterocycles. The van der Waals surface area contributed by atoms with Crippen molar-refractivity contribution in [3.63, 3.8) is 0 Å². The first-order valence-corrected chi connectivity index (χ1v) is 4.94. The predicted molar refractivity (Wildman–Crippen MR) is 54.5 cm³/mol. The minimum Gasteiger partial charge on any atom is -0.312 e. The number of aryl methyl sites for hydroxylation is 1. The molecule has 0 aliphatic carbocycles. The van der Waals surface area contributed by atoms with Gasteiger partial charge in [-0.3, -0.25) is 4.68 Å². The Morgan fingerprint density at radius 1 is 1.62 bits per heavy atom.